The largest absolute Gasteiger partial charge is 0.342 e. The van der Waals surface area contributed by atoms with Gasteiger partial charge in [-0.05, 0) is 68.1 Å². The maximum absolute atomic E-state index is 14.9. The third-order valence-electron chi connectivity index (χ3n) is 7.55. The van der Waals surface area contributed by atoms with Crippen LogP contribution in [0, 0.1) is 17.7 Å². The Labute approximate surface area is 190 Å². The lowest BCUT2D eigenvalue weighted by atomic mass is 9.81. The lowest BCUT2D eigenvalue weighted by Crippen LogP contribution is -2.46. The molecule has 1 atom stereocenters. The Hall–Kier alpha value is -2.24. The maximum atomic E-state index is 14.9. The number of halogens is 1. The van der Waals surface area contributed by atoms with Crippen LogP contribution in [-0.4, -0.2) is 41.6 Å². The van der Waals surface area contributed by atoms with Crippen LogP contribution in [-0.2, 0) is 9.59 Å². The fourth-order valence-corrected chi connectivity index (χ4v) is 5.36. The fourth-order valence-electron chi connectivity index (χ4n) is 5.36. The van der Waals surface area contributed by atoms with Gasteiger partial charge in [-0.3, -0.25) is 14.4 Å². The zero-order chi connectivity index (χ0) is 22.7. The number of hydrogen-bond donors (Lipinski definition) is 1. The average Bonchev–Trinajstić information content (AvgIpc) is 3.67. The van der Waals surface area contributed by atoms with Gasteiger partial charge in [-0.2, -0.15) is 0 Å². The van der Waals surface area contributed by atoms with Crippen molar-refractivity contribution in [2.45, 2.75) is 83.1 Å². The Morgan fingerprint density at radius 2 is 1.72 bits per heavy atom. The number of ketones is 1. The summed E-state index contributed by atoms with van der Waals surface area (Å²) in [5, 5.41) is 2.86. The lowest BCUT2D eigenvalue weighted by Gasteiger charge is -2.32. The molecule has 2 amide bonds. The molecule has 2 aliphatic carbocycles. The van der Waals surface area contributed by atoms with E-state index in [1.165, 1.54) is 12.5 Å². The summed E-state index contributed by atoms with van der Waals surface area (Å²) in [5.74, 6) is -0.170. The van der Waals surface area contributed by atoms with Crippen molar-refractivity contribution in [1.29, 1.82) is 0 Å². The Kier molecular flexibility index (Phi) is 7.27. The zero-order valence-corrected chi connectivity index (χ0v) is 19.1. The highest BCUT2D eigenvalue weighted by Gasteiger charge is 2.35. The van der Waals surface area contributed by atoms with E-state index in [4.69, 9.17) is 0 Å². The van der Waals surface area contributed by atoms with Gasteiger partial charge >= 0.3 is 0 Å². The van der Waals surface area contributed by atoms with Crippen molar-refractivity contribution in [2.75, 3.05) is 13.1 Å². The predicted octanol–water partition coefficient (Wildman–Crippen LogP) is 4.60. The standard InChI is InChI=1S/C26H35FN2O3/c1-2-23(30)24(18-6-4-3-5-7-18)28-25(31)21-11-10-20(16-22(21)27)17-12-14-29(15-13-17)26(32)19-8-9-19/h10-11,16-19,24H,2-9,12-15H2,1H3,(H,28,31). The van der Waals surface area contributed by atoms with Crippen molar-refractivity contribution >= 4 is 17.6 Å². The zero-order valence-electron chi connectivity index (χ0n) is 19.1. The van der Waals surface area contributed by atoms with E-state index in [-0.39, 0.29) is 35.0 Å². The van der Waals surface area contributed by atoms with Gasteiger partial charge in [0.25, 0.3) is 5.91 Å². The van der Waals surface area contributed by atoms with Gasteiger partial charge in [0, 0.05) is 25.4 Å². The highest BCUT2D eigenvalue weighted by atomic mass is 19.1. The monoisotopic (exact) mass is 442 g/mol. The molecule has 32 heavy (non-hydrogen) atoms. The maximum Gasteiger partial charge on any atom is 0.254 e. The summed E-state index contributed by atoms with van der Waals surface area (Å²) in [4.78, 5) is 39.6. The van der Waals surface area contributed by atoms with E-state index in [2.05, 4.69) is 5.32 Å². The lowest BCUT2D eigenvalue weighted by molar-refractivity contribution is -0.133. The first-order valence-corrected chi connectivity index (χ1v) is 12.4. The number of Topliss-reactive ketones (excluding diaryl/α,β-unsaturated/α-hetero) is 1. The fraction of sp³-hybridized carbons (Fsp3) is 0.654. The van der Waals surface area contributed by atoms with Crippen LogP contribution in [0.15, 0.2) is 18.2 Å². The number of amides is 2. The molecule has 1 aromatic rings. The van der Waals surface area contributed by atoms with Crippen LogP contribution < -0.4 is 5.32 Å². The van der Waals surface area contributed by atoms with Crippen LogP contribution in [0.1, 0.15) is 93.0 Å². The van der Waals surface area contributed by atoms with Gasteiger partial charge in [-0.1, -0.05) is 32.3 Å². The van der Waals surface area contributed by atoms with Crippen LogP contribution in [0.4, 0.5) is 4.39 Å². The van der Waals surface area contributed by atoms with Crippen molar-refractivity contribution in [1.82, 2.24) is 10.2 Å². The molecular formula is C26H35FN2O3. The van der Waals surface area contributed by atoms with Crippen molar-refractivity contribution in [3.63, 3.8) is 0 Å². The Morgan fingerprint density at radius 1 is 1.03 bits per heavy atom. The minimum Gasteiger partial charge on any atom is -0.342 e. The van der Waals surface area contributed by atoms with Crippen molar-refractivity contribution in [3.05, 3.63) is 35.1 Å². The molecule has 1 saturated heterocycles. The number of likely N-dealkylation sites (tertiary alicyclic amines) is 1. The summed E-state index contributed by atoms with van der Waals surface area (Å²) < 4.78 is 14.9. The van der Waals surface area contributed by atoms with E-state index in [1.54, 1.807) is 6.07 Å². The summed E-state index contributed by atoms with van der Waals surface area (Å²) in [6, 6.07) is 4.32. The quantitative estimate of drug-likeness (QED) is 0.671. The molecule has 0 spiro atoms. The van der Waals surface area contributed by atoms with Crippen LogP contribution in [0.5, 0.6) is 0 Å². The van der Waals surface area contributed by atoms with E-state index in [0.717, 1.165) is 56.9 Å². The highest BCUT2D eigenvalue weighted by Crippen LogP contribution is 2.35. The molecule has 6 heteroatoms. The molecule has 3 aliphatic rings. The smallest absolute Gasteiger partial charge is 0.254 e. The van der Waals surface area contributed by atoms with Crippen molar-refractivity contribution < 1.29 is 18.8 Å². The molecule has 1 N–H and O–H groups in total. The molecule has 2 saturated carbocycles. The van der Waals surface area contributed by atoms with Crippen LogP contribution >= 0.6 is 0 Å². The number of piperidine rings is 1. The normalized spacial score (nSPS) is 21.2. The number of hydrogen-bond acceptors (Lipinski definition) is 3. The molecular weight excluding hydrogens is 407 g/mol. The molecule has 3 fully saturated rings. The Morgan fingerprint density at radius 3 is 2.31 bits per heavy atom. The molecule has 5 nitrogen and oxygen atoms in total. The summed E-state index contributed by atoms with van der Waals surface area (Å²) in [7, 11) is 0. The van der Waals surface area contributed by atoms with Gasteiger partial charge in [0.1, 0.15) is 5.82 Å². The topological polar surface area (TPSA) is 66.5 Å². The van der Waals surface area contributed by atoms with E-state index in [0.29, 0.717) is 19.5 Å². The average molecular weight is 443 g/mol. The molecule has 1 aliphatic heterocycles. The molecule has 4 rings (SSSR count). The summed E-state index contributed by atoms with van der Waals surface area (Å²) in [5.41, 5.74) is 0.880. The SMILES string of the molecule is CCC(=O)C(NC(=O)c1ccc(C2CCN(C(=O)C3CC3)CC2)cc1F)C1CCCCC1. The molecule has 0 bridgehead atoms. The molecule has 0 radical (unpaired) electrons. The second-order valence-electron chi connectivity index (χ2n) is 9.78. The van der Waals surface area contributed by atoms with Gasteiger partial charge in [0.05, 0.1) is 11.6 Å². The number of rotatable bonds is 7. The Bertz CT molecular complexity index is 853. The van der Waals surface area contributed by atoms with Gasteiger partial charge in [0.2, 0.25) is 5.91 Å². The third kappa shape index (κ3) is 5.21. The molecule has 1 aromatic carbocycles. The minimum atomic E-state index is -0.539. The van der Waals surface area contributed by atoms with Crippen molar-refractivity contribution in [3.8, 4) is 0 Å². The second-order valence-corrected chi connectivity index (χ2v) is 9.78. The number of nitrogens with zero attached hydrogens (tertiary/aromatic N) is 1. The van der Waals surface area contributed by atoms with Gasteiger partial charge in [-0.25, -0.2) is 4.39 Å². The van der Waals surface area contributed by atoms with Gasteiger partial charge in [0.15, 0.2) is 5.78 Å². The summed E-state index contributed by atoms with van der Waals surface area (Å²) >= 11 is 0. The predicted molar refractivity (Wildman–Crippen MR) is 121 cm³/mol. The molecule has 1 unspecified atom stereocenters. The van der Waals surface area contributed by atoms with Gasteiger partial charge < -0.3 is 10.2 Å². The first kappa shape index (κ1) is 22.9. The molecule has 0 aromatic heterocycles. The number of benzene rings is 1. The first-order chi connectivity index (χ1) is 15.5. The van der Waals surface area contributed by atoms with Gasteiger partial charge in [-0.15, -0.1) is 0 Å². The van der Waals surface area contributed by atoms with E-state index < -0.39 is 17.8 Å². The molecule has 174 valence electrons. The Balaban J connectivity index is 1.39. The van der Waals surface area contributed by atoms with E-state index in [1.807, 2.05) is 17.9 Å². The summed E-state index contributed by atoms with van der Waals surface area (Å²) in [6.45, 7) is 3.24. The van der Waals surface area contributed by atoms with Crippen LogP contribution in [0.3, 0.4) is 0 Å². The second kappa shape index (κ2) is 10.1. The van der Waals surface area contributed by atoms with Crippen LogP contribution in [0.25, 0.3) is 0 Å². The number of carbonyl (C=O) groups is 3. The van der Waals surface area contributed by atoms with Crippen molar-refractivity contribution in [2.24, 2.45) is 11.8 Å². The number of nitrogens with one attached hydrogen (secondary N) is 1. The van der Waals surface area contributed by atoms with E-state index >= 15 is 0 Å². The third-order valence-corrected chi connectivity index (χ3v) is 7.55. The highest BCUT2D eigenvalue weighted by molar-refractivity contribution is 5.98. The summed E-state index contributed by atoms with van der Waals surface area (Å²) in [6.07, 6.45) is 9.20. The van der Waals surface area contributed by atoms with E-state index in [9.17, 15) is 18.8 Å². The molecule has 1 heterocycles. The van der Waals surface area contributed by atoms with Crippen LogP contribution in [0.2, 0.25) is 0 Å². The number of carbonyl (C=O) groups excluding carboxylic acids is 3. The minimum absolute atomic E-state index is 0.000176. The first-order valence-electron chi connectivity index (χ1n) is 12.4.